The van der Waals surface area contributed by atoms with Crippen molar-refractivity contribution in [3.63, 3.8) is 0 Å². The van der Waals surface area contributed by atoms with E-state index >= 15 is 0 Å². The fourth-order valence-electron chi connectivity index (χ4n) is 2.14. The largest absolute Gasteiger partial charge is 0.468 e. The van der Waals surface area contributed by atoms with Crippen molar-refractivity contribution >= 4 is 11.8 Å². The second-order valence-corrected chi connectivity index (χ2v) is 4.05. The monoisotopic (exact) mass is 197 g/mol. The molecule has 2 rings (SSSR count). The summed E-state index contributed by atoms with van der Waals surface area (Å²) in [5.74, 6) is 0.175. The Hall–Kier alpha value is -0.900. The van der Waals surface area contributed by atoms with Gasteiger partial charge < -0.3 is 4.74 Å². The predicted molar refractivity (Wildman–Crippen MR) is 49.8 cm³/mol. The number of carbonyl (C=O) groups is 2. The van der Waals surface area contributed by atoms with Crippen molar-refractivity contribution in [2.24, 2.45) is 0 Å². The zero-order valence-corrected chi connectivity index (χ0v) is 8.41. The van der Waals surface area contributed by atoms with Gasteiger partial charge in [-0.1, -0.05) is 0 Å². The summed E-state index contributed by atoms with van der Waals surface area (Å²) >= 11 is 0. The fraction of sp³-hybridized carbons (Fsp3) is 0.800. The molecular formula is C10H15NO3. The molecule has 1 heterocycles. The first-order chi connectivity index (χ1) is 6.69. The summed E-state index contributed by atoms with van der Waals surface area (Å²) in [4.78, 5) is 24.7. The molecular weight excluding hydrogens is 182 g/mol. The van der Waals surface area contributed by atoms with E-state index in [0.29, 0.717) is 31.7 Å². The summed E-state index contributed by atoms with van der Waals surface area (Å²) in [6.07, 6.45) is 2.93. The maximum absolute atomic E-state index is 11.5. The number of carbonyl (C=O) groups excluding carboxylic acids is 2. The first-order valence-corrected chi connectivity index (χ1v) is 5.04. The lowest BCUT2D eigenvalue weighted by Crippen LogP contribution is -2.48. The van der Waals surface area contributed by atoms with E-state index in [4.69, 9.17) is 4.74 Å². The van der Waals surface area contributed by atoms with Crippen LogP contribution in [-0.4, -0.2) is 42.4 Å². The lowest BCUT2D eigenvalue weighted by molar-refractivity contribution is -0.150. The molecule has 0 amide bonds. The van der Waals surface area contributed by atoms with Crippen molar-refractivity contribution in [1.82, 2.24) is 4.90 Å². The van der Waals surface area contributed by atoms with Crippen LogP contribution < -0.4 is 0 Å². The van der Waals surface area contributed by atoms with Crippen LogP contribution in [-0.2, 0) is 14.3 Å². The number of Topliss-reactive ketones (excluding diaryl/α,β-unsaturated/α-hetero) is 1. The molecule has 0 bridgehead atoms. The van der Waals surface area contributed by atoms with Crippen molar-refractivity contribution in [3.8, 4) is 0 Å². The zero-order valence-electron chi connectivity index (χ0n) is 8.41. The van der Waals surface area contributed by atoms with Crippen LogP contribution in [0.1, 0.15) is 25.7 Å². The average molecular weight is 197 g/mol. The zero-order chi connectivity index (χ0) is 10.2. The second kappa shape index (κ2) is 3.35. The second-order valence-electron chi connectivity index (χ2n) is 4.05. The van der Waals surface area contributed by atoms with Gasteiger partial charge >= 0.3 is 5.97 Å². The quantitative estimate of drug-likeness (QED) is 0.599. The average Bonchev–Trinajstić information content (AvgIpc) is 2.99. The first-order valence-electron chi connectivity index (χ1n) is 5.04. The molecule has 0 radical (unpaired) electrons. The van der Waals surface area contributed by atoms with E-state index in [1.165, 1.54) is 7.11 Å². The normalized spacial score (nSPS) is 25.9. The predicted octanol–water partition coefficient (Wildman–Crippen LogP) is 0.357. The van der Waals surface area contributed by atoms with Crippen LogP contribution in [0.25, 0.3) is 0 Å². The number of likely N-dealkylation sites (tertiary alicyclic amines) is 1. The molecule has 78 valence electrons. The van der Waals surface area contributed by atoms with Crippen LogP contribution in [0.15, 0.2) is 0 Å². The summed E-state index contributed by atoms with van der Waals surface area (Å²) in [5.41, 5.74) is -0.366. The van der Waals surface area contributed by atoms with E-state index in [-0.39, 0.29) is 11.5 Å². The van der Waals surface area contributed by atoms with Gasteiger partial charge in [-0.05, 0) is 12.8 Å². The molecule has 14 heavy (non-hydrogen) atoms. The van der Waals surface area contributed by atoms with Crippen LogP contribution in [0.2, 0.25) is 0 Å². The molecule has 0 unspecified atom stereocenters. The maximum atomic E-state index is 11.5. The van der Waals surface area contributed by atoms with Crippen LogP contribution in [0.5, 0.6) is 0 Å². The third-order valence-electron chi connectivity index (χ3n) is 3.22. The van der Waals surface area contributed by atoms with Crippen molar-refractivity contribution in [3.05, 3.63) is 0 Å². The molecule has 4 nitrogen and oxygen atoms in total. The highest BCUT2D eigenvalue weighted by atomic mass is 16.5. The molecule has 2 fully saturated rings. The Bertz CT molecular complexity index is 261. The van der Waals surface area contributed by atoms with Crippen molar-refractivity contribution in [2.75, 3.05) is 20.2 Å². The molecule has 0 N–H and O–H groups in total. The van der Waals surface area contributed by atoms with Crippen LogP contribution in [0.3, 0.4) is 0 Å². The van der Waals surface area contributed by atoms with Gasteiger partial charge in [0.2, 0.25) is 0 Å². The smallest absolute Gasteiger partial charge is 0.326 e. The van der Waals surface area contributed by atoms with Crippen molar-refractivity contribution in [1.29, 1.82) is 0 Å². The van der Waals surface area contributed by atoms with E-state index in [9.17, 15) is 9.59 Å². The Balaban J connectivity index is 2.01. The number of ketones is 1. The number of nitrogens with zero attached hydrogens (tertiary/aromatic N) is 1. The highest BCUT2D eigenvalue weighted by molar-refractivity contribution is 5.85. The molecule has 1 aliphatic heterocycles. The number of piperidine rings is 1. The first kappa shape index (κ1) is 9.65. The number of rotatable bonds is 2. The van der Waals surface area contributed by atoms with Crippen LogP contribution in [0, 0.1) is 0 Å². The summed E-state index contributed by atoms with van der Waals surface area (Å²) in [6, 6.07) is 0. The van der Waals surface area contributed by atoms with Crippen LogP contribution >= 0.6 is 0 Å². The minimum Gasteiger partial charge on any atom is -0.468 e. The van der Waals surface area contributed by atoms with Gasteiger partial charge in [0.1, 0.15) is 11.3 Å². The molecule has 1 aliphatic carbocycles. The van der Waals surface area contributed by atoms with E-state index < -0.39 is 0 Å². The Kier molecular flexibility index (Phi) is 2.31. The van der Waals surface area contributed by atoms with E-state index in [0.717, 1.165) is 12.8 Å². The van der Waals surface area contributed by atoms with Crippen molar-refractivity contribution < 1.29 is 14.3 Å². The standard InChI is InChI=1S/C10H15NO3/c1-14-9(13)10(4-5-10)11-6-2-8(12)3-7-11/h2-7H2,1H3. The third-order valence-corrected chi connectivity index (χ3v) is 3.22. The van der Waals surface area contributed by atoms with Gasteiger partial charge in [0.25, 0.3) is 0 Å². The number of ether oxygens (including phenoxy) is 1. The highest BCUT2D eigenvalue weighted by Gasteiger charge is 2.55. The molecule has 2 aliphatic rings. The summed E-state index contributed by atoms with van der Waals surface area (Å²) in [5, 5.41) is 0. The molecule has 1 saturated carbocycles. The minimum absolute atomic E-state index is 0.133. The lowest BCUT2D eigenvalue weighted by Gasteiger charge is -2.32. The van der Waals surface area contributed by atoms with Gasteiger partial charge in [-0.3, -0.25) is 14.5 Å². The Morgan fingerprint density at radius 2 is 1.93 bits per heavy atom. The minimum atomic E-state index is -0.366. The maximum Gasteiger partial charge on any atom is 0.326 e. The molecule has 0 aromatic carbocycles. The lowest BCUT2D eigenvalue weighted by atomic mass is 10.1. The van der Waals surface area contributed by atoms with Crippen LogP contribution in [0.4, 0.5) is 0 Å². The third kappa shape index (κ3) is 1.43. The number of methoxy groups -OCH3 is 1. The van der Waals surface area contributed by atoms with Gasteiger partial charge in [0.15, 0.2) is 0 Å². The Labute approximate surface area is 83.2 Å². The van der Waals surface area contributed by atoms with E-state index in [1.54, 1.807) is 0 Å². The number of esters is 1. The summed E-state index contributed by atoms with van der Waals surface area (Å²) < 4.78 is 4.79. The van der Waals surface area contributed by atoms with Gasteiger partial charge in [-0.25, -0.2) is 0 Å². The van der Waals surface area contributed by atoms with Gasteiger partial charge in [0.05, 0.1) is 7.11 Å². The van der Waals surface area contributed by atoms with E-state index in [1.807, 2.05) is 0 Å². The topological polar surface area (TPSA) is 46.6 Å². The van der Waals surface area contributed by atoms with Crippen molar-refractivity contribution in [2.45, 2.75) is 31.2 Å². The molecule has 4 heteroatoms. The van der Waals surface area contributed by atoms with E-state index in [2.05, 4.69) is 4.90 Å². The number of hydrogen-bond donors (Lipinski definition) is 0. The fourth-order valence-corrected chi connectivity index (χ4v) is 2.14. The SMILES string of the molecule is COC(=O)C1(N2CCC(=O)CC2)CC1. The highest BCUT2D eigenvalue weighted by Crippen LogP contribution is 2.43. The Morgan fingerprint density at radius 3 is 2.36 bits per heavy atom. The van der Waals surface area contributed by atoms with Gasteiger partial charge in [-0.15, -0.1) is 0 Å². The van der Waals surface area contributed by atoms with Gasteiger partial charge in [-0.2, -0.15) is 0 Å². The number of hydrogen-bond acceptors (Lipinski definition) is 4. The molecule has 0 aromatic heterocycles. The molecule has 0 aromatic rings. The molecule has 0 spiro atoms. The summed E-state index contributed by atoms with van der Waals surface area (Å²) in [7, 11) is 1.43. The van der Waals surface area contributed by atoms with Gasteiger partial charge in [0, 0.05) is 25.9 Å². The summed E-state index contributed by atoms with van der Waals surface area (Å²) in [6.45, 7) is 1.43. The Morgan fingerprint density at radius 1 is 1.36 bits per heavy atom. The molecule has 0 atom stereocenters. The molecule has 1 saturated heterocycles.